The van der Waals surface area contributed by atoms with Crippen molar-refractivity contribution in [1.29, 1.82) is 0 Å². The molecular formula is C14H16ClNO. The first kappa shape index (κ1) is 12.2. The van der Waals surface area contributed by atoms with E-state index in [1.54, 1.807) is 0 Å². The molecule has 0 spiro atoms. The molecule has 2 rings (SSSR count). The number of allylic oxidation sites excluding steroid dienone is 1. The molecule has 0 radical (unpaired) electrons. The van der Waals surface area contributed by atoms with E-state index in [0.717, 1.165) is 30.4 Å². The number of carbonyl (C=O) groups is 1. The summed E-state index contributed by atoms with van der Waals surface area (Å²) in [5.41, 5.74) is 1.82. The van der Waals surface area contributed by atoms with E-state index in [4.69, 9.17) is 11.6 Å². The lowest BCUT2D eigenvalue weighted by atomic mass is 10.1. The lowest BCUT2D eigenvalue weighted by molar-refractivity contribution is 0.0951. The molecule has 90 valence electrons. The molecule has 1 N–H and O–H groups in total. The molecule has 0 saturated heterocycles. The van der Waals surface area contributed by atoms with Gasteiger partial charge in [0.15, 0.2) is 0 Å². The maximum Gasteiger partial charge on any atom is 0.251 e. The van der Waals surface area contributed by atoms with Gasteiger partial charge in [-0.1, -0.05) is 24.3 Å². The van der Waals surface area contributed by atoms with Gasteiger partial charge in [0.05, 0.1) is 0 Å². The van der Waals surface area contributed by atoms with Crippen molar-refractivity contribution in [2.75, 3.05) is 5.88 Å². The summed E-state index contributed by atoms with van der Waals surface area (Å²) in [5.74, 6) is 0.669. The van der Waals surface area contributed by atoms with Crippen molar-refractivity contribution >= 4 is 23.6 Å². The quantitative estimate of drug-likeness (QED) is 0.798. The Labute approximate surface area is 107 Å². The maximum atomic E-state index is 11.7. The molecule has 0 atom stereocenters. The normalized spacial score (nSPS) is 15.1. The van der Waals surface area contributed by atoms with Gasteiger partial charge >= 0.3 is 0 Å². The third kappa shape index (κ3) is 3.90. The van der Waals surface area contributed by atoms with E-state index in [9.17, 15) is 4.79 Å². The maximum absolute atomic E-state index is 11.7. The molecule has 0 bridgehead atoms. The summed E-state index contributed by atoms with van der Waals surface area (Å²) in [6.07, 6.45) is 7.15. The number of halogens is 1. The topological polar surface area (TPSA) is 29.1 Å². The number of amides is 1. The van der Waals surface area contributed by atoms with Crippen LogP contribution < -0.4 is 5.32 Å². The third-order valence-corrected chi connectivity index (χ3v) is 2.89. The van der Waals surface area contributed by atoms with Crippen molar-refractivity contribution in [3.8, 4) is 0 Å². The highest BCUT2D eigenvalue weighted by atomic mass is 35.5. The Morgan fingerprint density at radius 1 is 1.35 bits per heavy atom. The van der Waals surface area contributed by atoms with Crippen molar-refractivity contribution in [3.05, 3.63) is 41.5 Å². The van der Waals surface area contributed by atoms with Crippen LogP contribution in [0.2, 0.25) is 0 Å². The second-order valence-electron chi connectivity index (χ2n) is 4.25. The Balaban J connectivity index is 1.94. The van der Waals surface area contributed by atoms with Gasteiger partial charge in [0.1, 0.15) is 0 Å². The summed E-state index contributed by atoms with van der Waals surface area (Å²) < 4.78 is 0. The smallest absolute Gasteiger partial charge is 0.251 e. The minimum absolute atomic E-state index is 0.0313. The molecule has 0 aromatic heterocycles. The second kappa shape index (κ2) is 5.87. The lowest BCUT2D eigenvalue weighted by Crippen LogP contribution is -2.25. The van der Waals surface area contributed by atoms with Crippen LogP contribution in [0, 0.1) is 0 Å². The van der Waals surface area contributed by atoms with E-state index in [-0.39, 0.29) is 5.91 Å². The Morgan fingerprint density at radius 2 is 2.06 bits per heavy atom. The molecule has 0 heterocycles. The first-order valence-corrected chi connectivity index (χ1v) is 6.46. The fourth-order valence-electron chi connectivity index (χ4n) is 1.52. The Bertz CT molecular complexity index is 407. The first-order chi connectivity index (χ1) is 8.29. The molecule has 3 heteroatoms. The first-order valence-electron chi connectivity index (χ1n) is 5.93. The zero-order valence-electron chi connectivity index (χ0n) is 9.66. The van der Waals surface area contributed by atoms with Crippen LogP contribution in [0.4, 0.5) is 0 Å². The highest BCUT2D eigenvalue weighted by Gasteiger charge is 2.23. The number of benzene rings is 1. The van der Waals surface area contributed by atoms with Gasteiger partial charge in [-0.3, -0.25) is 4.79 Å². The Kier molecular flexibility index (Phi) is 4.21. The zero-order valence-corrected chi connectivity index (χ0v) is 10.4. The van der Waals surface area contributed by atoms with Gasteiger partial charge < -0.3 is 5.32 Å². The minimum atomic E-state index is 0.0313. The van der Waals surface area contributed by atoms with E-state index in [2.05, 4.69) is 5.32 Å². The molecule has 17 heavy (non-hydrogen) atoms. The highest BCUT2D eigenvalue weighted by molar-refractivity contribution is 6.17. The summed E-state index contributed by atoms with van der Waals surface area (Å²) in [6.45, 7) is 0. The predicted octanol–water partition coefficient (Wildman–Crippen LogP) is 3.22. The van der Waals surface area contributed by atoms with E-state index >= 15 is 0 Å². The number of carbonyl (C=O) groups excluding carboxylic acids is 1. The average molecular weight is 250 g/mol. The van der Waals surface area contributed by atoms with Crippen LogP contribution in [0.25, 0.3) is 6.08 Å². The molecule has 1 amide bonds. The molecule has 0 aliphatic heterocycles. The van der Waals surface area contributed by atoms with Crippen molar-refractivity contribution in [1.82, 2.24) is 5.32 Å². The monoisotopic (exact) mass is 249 g/mol. The zero-order chi connectivity index (χ0) is 12.1. The van der Waals surface area contributed by atoms with Gasteiger partial charge in [-0.2, -0.15) is 0 Å². The van der Waals surface area contributed by atoms with Gasteiger partial charge in [0, 0.05) is 17.5 Å². The van der Waals surface area contributed by atoms with Gasteiger partial charge in [0.2, 0.25) is 0 Å². The van der Waals surface area contributed by atoms with E-state index in [1.165, 1.54) is 0 Å². The predicted molar refractivity (Wildman–Crippen MR) is 71.3 cm³/mol. The van der Waals surface area contributed by atoms with Crippen molar-refractivity contribution in [3.63, 3.8) is 0 Å². The highest BCUT2D eigenvalue weighted by Crippen LogP contribution is 2.19. The van der Waals surface area contributed by atoms with Crippen LogP contribution in [-0.4, -0.2) is 17.8 Å². The molecule has 1 aromatic rings. The average Bonchev–Trinajstić information content (AvgIpc) is 3.14. The largest absolute Gasteiger partial charge is 0.349 e. The van der Waals surface area contributed by atoms with Crippen LogP contribution >= 0.6 is 11.6 Å². The molecule has 1 aliphatic rings. The number of hydrogen-bond donors (Lipinski definition) is 1. The number of alkyl halides is 1. The summed E-state index contributed by atoms with van der Waals surface area (Å²) >= 11 is 5.58. The fraction of sp³-hybridized carbons (Fsp3) is 0.357. The number of hydrogen-bond acceptors (Lipinski definition) is 1. The van der Waals surface area contributed by atoms with Gasteiger partial charge in [-0.15, -0.1) is 11.6 Å². The van der Waals surface area contributed by atoms with Crippen LogP contribution in [-0.2, 0) is 0 Å². The van der Waals surface area contributed by atoms with Gasteiger partial charge in [0.25, 0.3) is 5.91 Å². The molecule has 1 aliphatic carbocycles. The Hall–Kier alpha value is -1.28. The van der Waals surface area contributed by atoms with Crippen molar-refractivity contribution in [2.45, 2.75) is 25.3 Å². The van der Waals surface area contributed by atoms with E-state index < -0.39 is 0 Å². The molecular weight excluding hydrogens is 234 g/mol. The summed E-state index contributed by atoms with van der Waals surface area (Å²) in [5, 5.41) is 2.97. The van der Waals surface area contributed by atoms with Crippen LogP contribution in [0.15, 0.2) is 30.3 Å². The van der Waals surface area contributed by atoms with Crippen molar-refractivity contribution < 1.29 is 4.79 Å². The van der Waals surface area contributed by atoms with E-state index in [1.807, 2.05) is 36.4 Å². The molecule has 1 saturated carbocycles. The third-order valence-electron chi connectivity index (χ3n) is 2.67. The number of nitrogens with one attached hydrogen (secondary N) is 1. The van der Waals surface area contributed by atoms with Gasteiger partial charge in [-0.05, 0) is 37.0 Å². The SMILES string of the molecule is O=C(NC1CC1)c1ccc(C=CCCCl)cc1. The fourth-order valence-corrected chi connectivity index (χ4v) is 1.65. The summed E-state index contributed by atoms with van der Waals surface area (Å²) in [6, 6.07) is 8.03. The van der Waals surface area contributed by atoms with Gasteiger partial charge in [-0.25, -0.2) is 0 Å². The lowest BCUT2D eigenvalue weighted by Gasteiger charge is -2.03. The minimum Gasteiger partial charge on any atom is -0.349 e. The van der Waals surface area contributed by atoms with Crippen molar-refractivity contribution in [2.24, 2.45) is 0 Å². The Morgan fingerprint density at radius 3 is 2.65 bits per heavy atom. The van der Waals surface area contributed by atoms with Crippen LogP contribution in [0.1, 0.15) is 35.2 Å². The summed E-state index contributed by atoms with van der Waals surface area (Å²) in [4.78, 5) is 11.7. The molecule has 1 fully saturated rings. The van der Waals surface area contributed by atoms with Crippen LogP contribution in [0.5, 0.6) is 0 Å². The molecule has 1 aromatic carbocycles. The standard InChI is InChI=1S/C14H16ClNO/c15-10-2-1-3-11-4-6-12(7-5-11)14(17)16-13-8-9-13/h1,3-7,13H,2,8-10H2,(H,16,17). The molecule has 0 unspecified atom stereocenters. The number of rotatable bonds is 5. The van der Waals surface area contributed by atoms with Crippen LogP contribution in [0.3, 0.4) is 0 Å². The summed E-state index contributed by atoms with van der Waals surface area (Å²) in [7, 11) is 0. The molecule has 2 nitrogen and oxygen atoms in total. The van der Waals surface area contributed by atoms with E-state index in [0.29, 0.717) is 11.9 Å². The second-order valence-corrected chi connectivity index (χ2v) is 4.63.